The van der Waals surface area contributed by atoms with E-state index in [9.17, 15) is 24.9 Å². The Morgan fingerprint density at radius 1 is 1.12 bits per heavy atom. The van der Waals surface area contributed by atoms with E-state index in [4.69, 9.17) is 0 Å². The monoisotopic (exact) mass is 446 g/mol. The normalized spacial score (nSPS) is 43.8. The lowest BCUT2D eigenvalue weighted by atomic mass is 9.46. The summed E-state index contributed by atoms with van der Waals surface area (Å²) in [5, 5.41) is 33.2. The smallest absolute Gasteiger partial charge is 0.159 e. The van der Waals surface area contributed by atoms with Crippen LogP contribution in [0.2, 0.25) is 0 Å². The van der Waals surface area contributed by atoms with Crippen molar-refractivity contribution in [3.05, 3.63) is 11.6 Å². The molecular weight excluding hydrogens is 404 g/mol. The Hall–Kier alpha value is -1.04. The number of hydrogen-bond acceptors (Lipinski definition) is 5. The second-order valence-electron chi connectivity index (χ2n) is 12.6. The maximum Gasteiger partial charge on any atom is 0.159 e. The van der Waals surface area contributed by atoms with Crippen LogP contribution >= 0.6 is 0 Å². The minimum Gasteiger partial charge on any atom is -0.393 e. The molecule has 0 amide bonds. The molecule has 180 valence electrons. The zero-order valence-corrected chi connectivity index (χ0v) is 20.5. The third kappa shape index (κ3) is 3.54. The second-order valence-corrected chi connectivity index (χ2v) is 12.6. The van der Waals surface area contributed by atoms with Crippen molar-refractivity contribution >= 4 is 11.6 Å². The number of fused-ring (bicyclic) bond motifs is 5. The fourth-order valence-corrected chi connectivity index (χ4v) is 8.05. The molecule has 4 rings (SSSR count). The summed E-state index contributed by atoms with van der Waals surface area (Å²) in [4.78, 5) is 25.3. The van der Waals surface area contributed by atoms with E-state index < -0.39 is 22.7 Å². The summed E-state index contributed by atoms with van der Waals surface area (Å²) in [5.74, 6) is 0.261. The first-order chi connectivity index (χ1) is 14.7. The van der Waals surface area contributed by atoms with E-state index in [1.807, 2.05) is 0 Å². The molecule has 3 fully saturated rings. The molecule has 5 heteroatoms. The predicted molar refractivity (Wildman–Crippen MR) is 123 cm³/mol. The molecule has 3 N–H and O–H groups in total. The van der Waals surface area contributed by atoms with Crippen molar-refractivity contribution < 1.29 is 24.9 Å². The molecule has 4 aliphatic carbocycles. The third-order valence-corrected chi connectivity index (χ3v) is 10.3. The van der Waals surface area contributed by atoms with Crippen LogP contribution in [0, 0.1) is 34.5 Å². The van der Waals surface area contributed by atoms with Gasteiger partial charge >= 0.3 is 0 Å². The molecule has 4 aliphatic rings. The maximum atomic E-state index is 13.2. The summed E-state index contributed by atoms with van der Waals surface area (Å²) in [6, 6.07) is 0. The van der Waals surface area contributed by atoms with Crippen molar-refractivity contribution in [2.45, 2.75) is 110 Å². The van der Waals surface area contributed by atoms with Gasteiger partial charge in [0.25, 0.3) is 0 Å². The van der Waals surface area contributed by atoms with Crippen LogP contribution in [0.5, 0.6) is 0 Å². The van der Waals surface area contributed by atoms with Gasteiger partial charge in [-0.2, -0.15) is 0 Å². The van der Waals surface area contributed by atoms with E-state index >= 15 is 0 Å². The van der Waals surface area contributed by atoms with Crippen molar-refractivity contribution in [1.82, 2.24) is 0 Å². The fourth-order valence-electron chi connectivity index (χ4n) is 8.05. The summed E-state index contributed by atoms with van der Waals surface area (Å²) in [7, 11) is 0. The van der Waals surface area contributed by atoms with Gasteiger partial charge in [-0.25, -0.2) is 0 Å². The highest BCUT2D eigenvalue weighted by atomic mass is 16.3. The lowest BCUT2D eigenvalue weighted by Gasteiger charge is -2.59. The van der Waals surface area contributed by atoms with Crippen LogP contribution in [0.3, 0.4) is 0 Å². The van der Waals surface area contributed by atoms with Crippen molar-refractivity contribution in [2.24, 2.45) is 34.5 Å². The highest BCUT2D eigenvalue weighted by Crippen LogP contribution is 2.68. The highest BCUT2D eigenvalue weighted by molar-refractivity contribution is 5.98. The Balaban J connectivity index is 1.62. The number of allylic oxidation sites excluding steroid dienone is 1. The zero-order valence-electron chi connectivity index (χ0n) is 20.5. The largest absolute Gasteiger partial charge is 0.393 e. The average Bonchev–Trinajstić information content (AvgIpc) is 2.98. The van der Waals surface area contributed by atoms with Crippen LogP contribution in [-0.2, 0) is 9.59 Å². The Morgan fingerprint density at radius 3 is 2.47 bits per heavy atom. The number of Topliss-reactive ketones (excluding diaryl/α,β-unsaturated/α-hetero) is 1. The molecule has 32 heavy (non-hydrogen) atoms. The van der Waals surface area contributed by atoms with Crippen LogP contribution < -0.4 is 0 Å². The van der Waals surface area contributed by atoms with Crippen LogP contribution in [0.15, 0.2) is 11.6 Å². The van der Waals surface area contributed by atoms with Gasteiger partial charge in [0.2, 0.25) is 0 Å². The fraction of sp³-hybridized carbons (Fsp3) is 0.852. The molecule has 8 atom stereocenters. The first-order valence-electron chi connectivity index (χ1n) is 12.6. The van der Waals surface area contributed by atoms with Gasteiger partial charge in [0.05, 0.1) is 17.3 Å². The summed E-state index contributed by atoms with van der Waals surface area (Å²) >= 11 is 0. The van der Waals surface area contributed by atoms with Crippen LogP contribution in [0.25, 0.3) is 0 Å². The molecule has 0 aromatic carbocycles. The van der Waals surface area contributed by atoms with E-state index in [2.05, 4.69) is 20.8 Å². The molecule has 0 aromatic rings. The molecule has 0 spiro atoms. The van der Waals surface area contributed by atoms with Crippen LogP contribution in [-0.4, -0.2) is 44.2 Å². The molecule has 0 aromatic heterocycles. The molecule has 0 bridgehead atoms. The molecule has 0 radical (unpaired) electrons. The Bertz CT molecular complexity index is 824. The van der Waals surface area contributed by atoms with E-state index in [0.29, 0.717) is 32.1 Å². The van der Waals surface area contributed by atoms with Gasteiger partial charge in [0, 0.05) is 24.2 Å². The zero-order chi connectivity index (χ0) is 23.7. The SMILES string of the molecule is C[C@H]([C@H](O)CCC(C)(C)O)[C@H]1CC[C@@]2(O)C3=CC(=O)[C@@H]4CC(=O)CC[C@]4(C)[C@H]3CC[C@]12C. The average molecular weight is 447 g/mol. The molecule has 5 nitrogen and oxygen atoms in total. The lowest BCUT2D eigenvalue weighted by Crippen LogP contribution is -2.59. The second kappa shape index (κ2) is 7.74. The lowest BCUT2D eigenvalue weighted by molar-refractivity contribution is -0.145. The quantitative estimate of drug-likeness (QED) is 0.594. The van der Waals surface area contributed by atoms with E-state index in [1.165, 1.54) is 0 Å². The predicted octanol–water partition coefficient (Wildman–Crippen LogP) is 3.98. The molecule has 0 heterocycles. The number of carbonyl (C=O) groups is 2. The van der Waals surface area contributed by atoms with Gasteiger partial charge in [-0.1, -0.05) is 20.8 Å². The molecule has 0 unspecified atom stereocenters. The van der Waals surface area contributed by atoms with Gasteiger partial charge < -0.3 is 15.3 Å². The van der Waals surface area contributed by atoms with Crippen LogP contribution in [0.4, 0.5) is 0 Å². The topological polar surface area (TPSA) is 94.8 Å². The number of carbonyl (C=O) groups excluding carboxylic acids is 2. The Kier molecular flexibility index (Phi) is 5.83. The van der Waals surface area contributed by atoms with Crippen molar-refractivity contribution in [1.29, 1.82) is 0 Å². The van der Waals surface area contributed by atoms with E-state index in [0.717, 1.165) is 31.3 Å². The van der Waals surface area contributed by atoms with Gasteiger partial charge in [0.1, 0.15) is 5.78 Å². The number of rotatable bonds is 5. The molecular formula is C27H42O5. The molecule has 0 saturated heterocycles. The summed E-state index contributed by atoms with van der Waals surface area (Å²) in [6.45, 7) is 9.93. The highest BCUT2D eigenvalue weighted by Gasteiger charge is 2.66. The van der Waals surface area contributed by atoms with Crippen molar-refractivity contribution in [3.63, 3.8) is 0 Å². The standard InChI is InChI=1S/C27H42O5/c1-16(22(29)9-10-24(2,3)31)18-8-13-27(32)20-15-23(30)21-14-17(28)6-11-25(21,4)19(20)7-12-26(18,27)5/h15-16,18-19,21-22,29,31-32H,6-14H2,1-5H3/t16-,18+,19-,21-,22+,25+,26+,27+/m0/s1. The third-order valence-electron chi connectivity index (χ3n) is 10.3. The minimum atomic E-state index is -1.03. The van der Waals surface area contributed by atoms with Crippen LogP contribution in [0.1, 0.15) is 92.4 Å². The number of aliphatic hydroxyl groups is 3. The summed E-state index contributed by atoms with van der Waals surface area (Å²) < 4.78 is 0. The van der Waals surface area contributed by atoms with E-state index in [-0.39, 0.29) is 40.7 Å². The number of hydrogen-bond donors (Lipinski definition) is 3. The van der Waals surface area contributed by atoms with E-state index in [1.54, 1.807) is 19.9 Å². The molecule has 0 aliphatic heterocycles. The molecule has 3 saturated carbocycles. The van der Waals surface area contributed by atoms with Gasteiger partial charge in [0.15, 0.2) is 5.78 Å². The maximum absolute atomic E-state index is 13.2. The van der Waals surface area contributed by atoms with Gasteiger partial charge in [-0.15, -0.1) is 0 Å². The first kappa shape index (κ1) is 24.1. The number of ketones is 2. The Morgan fingerprint density at radius 2 is 1.81 bits per heavy atom. The minimum absolute atomic E-state index is 0.00320. The summed E-state index contributed by atoms with van der Waals surface area (Å²) in [6.07, 6.45) is 7.08. The van der Waals surface area contributed by atoms with Gasteiger partial charge in [-0.3, -0.25) is 9.59 Å². The Labute approximate surface area is 192 Å². The number of aliphatic hydroxyl groups excluding tert-OH is 1. The first-order valence-corrected chi connectivity index (χ1v) is 12.6. The van der Waals surface area contributed by atoms with Gasteiger partial charge in [-0.05, 0) is 93.6 Å². The summed E-state index contributed by atoms with van der Waals surface area (Å²) in [5.41, 5.74) is -1.57. The van der Waals surface area contributed by atoms with Crippen molar-refractivity contribution in [2.75, 3.05) is 0 Å². The van der Waals surface area contributed by atoms with Crippen molar-refractivity contribution in [3.8, 4) is 0 Å².